The van der Waals surface area contributed by atoms with Gasteiger partial charge in [-0.15, -0.1) is 11.3 Å². The maximum Gasteiger partial charge on any atom is 0.162 e. The fourth-order valence-electron chi connectivity index (χ4n) is 2.04. The van der Waals surface area contributed by atoms with Crippen LogP contribution in [0.1, 0.15) is 21.4 Å². The predicted octanol–water partition coefficient (Wildman–Crippen LogP) is 3.56. The van der Waals surface area contributed by atoms with Gasteiger partial charge in [-0.3, -0.25) is 0 Å². The van der Waals surface area contributed by atoms with Gasteiger partial charge in [-0.1, -0.05) is 11.6 Å². The van der Waals surface area contributed by atoms with E-state index in [0.717, 1.165) is 9.75 Å². The highest BCUT2D eigenvalue weighted by atomic mass is 35.5. The molecule has 2 heterocycles. The lowest BCUT2D eigenvalue weighted by Crippen LogP contribution is -2.16. The van der Waals surface area contributed by atoms with Crippen molar-refractivity contribution in [2.45, 2.75) is 13.0 Å². The number of aryl methyl sites for hydroxylation is 1. The van der Waals surface area contributed by atoms with Crippen LogP contribution in [0.15, 0.2) is 24.3 Å². The second kappa shape index (κ2) is 5.04. The summed E-state index contributed by atoms with van der Waals surface area (Å²) >= 11 is 7.78. The van der Waals surface area contributed by atoms with Gasteiger partial charge in [-0.2, -0.15) is 0 Å². The third kappa shape index (κ3) is 2.43. The molecule has 0 radical (unpaired) electrons. The molecular weight excluding hydrogens is 284 g/mol. The van der Waals surface area contributed by atoms with Crippen LogP contribution in [0.5, 0.6) is 11.5 Å². The van der Waals surface area contributed by atoms with E-state index in [9.17, 15) is 5.11 Å². The molecule has 0 saturated carbocycles. The van der Waals surface area contributed by atoms with E-state index in [1.165, 1.54) is 0 Å². The molecule has 19 heavy (non-hydrogen) atoms. The molecule has 2 aromatic rings. The second-order valence-corrected chi connectivity index (χ2v) is 6.10. The molecule has 0 aliphatic carbocycles. The molecule has 0 saturated heterocycles. The van der Waals surface area contributed by atoms with Crippen LogP contribution >= 0.6 is 22.9 Å². The Kier molecular flexibility index (Phi) is 3.39. The number of fused-ring (bicyclic) bond motifs is 1. The van der Waals surface area contributed by atoms with E-state index in [0.29, 0.717) is 35.3 Å². The summed E-state index contributed by atoms with van der Waals surface area (Å²) in [5.74, 6) is 1.27. The van der Waals surface area contributed by atoms with Crippen molar-refractivity contribution in [3.63, 3.8) is 0 Å². The van der Waals surface area contributed by atoms with E-state index in [1.807, 2.05) is 19.1 Å². The van der Waals surface area contributed by atoms with Crippen LogP contribution in [0.25, 0.3) is 0 Å². The van der Waals surface area contributed by atoms with E-state index in [-0.39, 0.29) is 0 Å². The van der Waals surface area contributed by atoms with Crippen molar-refractivity contribution >= 4 is 22.9 Å². The Morgan fingerprint density at radius 2 is 1.89 bits per heavy atom. The first kappa shape index (κ1) is 12.8. The minimum absolute atomic E-state index is 0.489. The third-order valence-corrected chi connectivity index (χ3v) is 4.37. The van der Waals surface area contributed by atoms with Crippen LogP contribution in [-0.2, 0) is 0 Å². The minimum atomic E-state index is -0.734. The summed E-state index contributed by atoms with van der Waals surface area (Å²) in [5.41, 5.74) is 0.646. The van der Waals surface area contributed by atoms with Crippen molar-refractivity contribution in [1.29, 1.82) is 0 Å². The first-order chi connectivity index (χ1) is 9.15. The number of rotatable bonds is 2. The Balaban J connectivity index is 2.00. The highest BCUT2D eigenvalue weighted by Gasteiger charge is 2.21. The van der Waals surface area contributed by atoms with E-state index >= 15 is 0 Å². The van der Waals surface area contributed by atoms with Crippen LogP contribution in [0.2, 0.25) is 5.02 Å². The molecule has 0 bridgehead atoms. The molecule has 1 aromatic carbocycles. The highest BCUT2D eigenvalue weighted by Crippen LogP contribution is 2.40. The molecule has 0 fully saturated rings. The Morgan fingerprint density at radius 3 is 2.53 bits per heavy atom. The van der Waals surface area contributed by atoms with Crippen LogP contribution in [-0.4, -0.2) is 18.3 Å². The first-order valence-electron chi connectivity index (χ1n) is 5.98. The van der Waals surface area contributed by atoms with Gasteiger partial charge in [0.15, 0.2) is 11.5 Å². The minimum Gasteiger partial charge on any atom is -0.486 e. The number of hydrogen-bond acceptors (Lipinski definition) is 4. The van der Waals surface area contributed by atoms with Crippen LogP contribution < -0.4 is 9.47 Å². The third-order valence-electron chi connectivity index (χ3n) is 2.99. The zero-order valence-corrected chi connectivity index (χ0v) is 11.9. The number of halogens is 1. The van der Waals surface area contributed by atoms with Gasteiger partial charge in [0.25, 0.3) is 0 Å². The van der Waals surface area contributed by atoms with Gasteiger partial charge < -0.3 is 14.6 Å². The van der Waals surface area contributed by atoms with Crippen LogP contribution in [0.3, 0.4) is 0 Å². The maximum absolute atomic E-state index is 10.4. The quantitative estimate of drug-likeness (QED) is 0.921. The highest BCUT2D eigenvalue weighted by molar-refractivity contribution is 7.12. The van der Waals surface area contributed by atoms with Crippen LogP contribution in [0.4, 0.5) is 0 Å². The molecule has 100 valence electrons. The number of aliphatic hydroxyl groups excluding tert-OH is 1. The van der Waals surface area contributed by atoms with E-state index in [2.05, 4.69) is 0 Å². The van der Waals surface area contributed by atoms with Crippen molar-refractivity contribution in [3.05, 3.63) is 44.6 Å². The Bertz CT molecular complexity index is 609. The van der Waals surface area contributed by atoms with Gasteiger partial charge in [0.05, 0.1) is 5.02 Å². The van der Waals surface area contributed by atoms with Crippen LogP contribution in [0, 0.1) is 6.92 Å². The molecule has 0 spiro atoms. The number of thiophene rings is 1. The largest absolute Gasteiger partial charge is 0.486 e. The molecular formula is C14H13ClO3S. The first-order valence-corrected chi connectivity index (χ1v) is 7.18. The lowest BCUT2D eigenvalue weighted by molar-refractivity contribution is 0.170. The average Bonchev–Trinajstić information content (AvgIpc) is 2.84. The number of ether oxygens (including phenoxy) is 2. The van der Waals surface area contributed by atoms with Crippen molar-refractivity contribution in [2.75, 3.05) is 13.2 Å². The molecule has 3 nitrogen and oxygen atoms in total. The summed E-state index contributed by atoms with van der Waals surface area (Å²) in [7, 11) is 0. The van der Waals surface area contributed by atoms with Gasteiger partial charge in [-0.25, -0.2) is 0 Å². The predicted molar refractivity (Wildman–Crippen MR) is 75.6 cm³/mol. The zero-order valence-electron chi connectivity index (χ0n) is 10.4. The summed E-state index contributed by atoms with van der Waals surface area (Å²) in [6.45, 7) is 3.05. The van der Waals surface area contributed by atoms with Crippen molar-refractivity contribution in [1.82, 2.24) is 0 Å². The summed E-state index contributed by atoms with van der Waals surface area (Å²) in [5, 5.41) is 10.9. The summed E-state index contributed by atoms with van der Waals surface area (Å²) in [6, 6.07) is 7.36. The van der Waals surface area contributed by atoms with Gasteiger partial charge in [0.1, 0.15) is 19.3 Å². The molecule has 1 aliphatic heterocycles. The fourth-order valence-corrected chi connectivity index (χ4v) is 3.18. The standard InChI is InChI=1S/C14H13ClO3S/c1-8-2-3-13(19-8)14(16)9-6-11-12(7-10(9)15)18-5-4-17-11/h2-3,6-7,14,16H,4-5H2,1H3. The molecule has 0 amide bonds. The summed E-state index contributed by atoms with van der Waals surface area (Å²) < 4.78 is 11.0. The Labute approximate surface area is 120 Å². The Morgan fingerprint density at radius 1 is 1.21 bits per heavy atom. The van der Waals surface area contributed by atoms with E-state index in [1.54, 1.807) is 23.5 Å². The lowest BCUT2D eigenvalue weighted by atomic mass is 10.1. The molecule has 1 aliphatic rings. The lowest BCUT2D eigenvalue weighted by Gasteiger charge is -2.21. The number of hydrogen-bond donors (Lipinski definition) is 1. The monoisotopic (exact) mass is 296 g/mol. The maximum atomic E-state index is 10.4. The number of benzene rings is 1. The topological polar surface area (TPSA) is 38.7 Å². The molecule has 1 atom stereocenters. The fraction of sp³-hybridized carbons (Fsp3) is 0.286. The van der Waals surface area contributed by atoms with Crippen molar-refractivity contribution in [3.8, 4) is 11.5 Å². The summed E-state index contributed by atoms with van der Waals surface area (Å²) in [6.07, 6.45) is -0.734. The molecule has 3 rings (SSSR count). The Hall–Kier alpha value is -1.23. The van der Waals surface area contributed by atoms with Gasteiger partial charge in [0.2, 0.25) is 0 Å². The van der Waals surface area contributed by atoms with Gasteiger partial charge in [-0.05, 0) is 25.1 Å². The number of aliphatic hydroxyl groups is 1. The molecule has 1 N–H and O–H groups in total. The van der Waals surface area contributed by atoms with Crippen molar-refractivity contribution in [2.24, 2.45) is 0 Å². The normalized spacial score (nSPS) is 15.3. The second-order valence-electron chi connectivity index (χ2n) is 4.37. The SMILES string of the molecule is Cc1ccc(C(O)c2cc3c(cc2Cl)OCCO3)s1. The van der Waals surface area contributed by atoms with E-state index in [4.69, 9.17) is 21.1 Å². The zero-order chi connectivity index (χ0) is 13.4. The molecule has 1 aromatic heterocycles. The molecule has 5 heteroatoms. The average molecular weight is 297 g/mol. The summed E-state index contributed by atoms with van der Waals surface area (Å²) in [4.78, 5) is 2.03. The smallest absolute Gasteiger partial charge is 0.162 e. The van der Waals surface area contributed by atoms with Gasteiger partial charge in [0, 0.05) is 21.4 Å². The van der Waals surface area contributed by atoms with Gasteiger partial charge >= 0.3 is 0 Å². The molecule has 1 unspecified atom stereocenters. The van der Waals surface area contributed by atoms with E-state index < -0.39 is 6.10 Å². The van der Waals surface area contributed by atoms with Crippen molar-refractivity contribution < 1.29 is 14.6 Å².